The molecule has 0 spiro atoms. The second-order valence-corrected chi connectivity index (χ2v) is 6.37. The van der Waals surface area contributed by atoms with E-state index >= 15 is 0 Å². The van der Waals surface area contributed by atoms with Gasteiger partial charge < -0.3 is 10.1 Å². The quantitative estimate of drug-likeness (QED) is 0.888. The second kappa shape index (κ2) is 6.00. The molecule has 21 heavy (non-hydrogen) atoms. The molecule has 1 fully saturated rings. The lowest BCUT2D eigenvalue weighted by Gasteiger charge is -2.32. The van der Waals surface area contributed by atoms with E-state index in [1.165, 1.54) is 11.1 Å². The van der Waals surface area contributed by atoms with Crippen LogP contribution in [-0.4, -0.2) is 12.1 Å². The van der Waals surface area contributed by atoms with E-state index in [-0.39, 0.29) is 17.7 Å². The van der Waals surface area contributed by atoms with Gasteiger partial charge in [-0.2, -0.15) is 0 Å². The number of rotatable bonds is 2. The van der Waals surface area contributed by atoms with Gasteiger partial charge in [-0.25, -0.2) is 0 Å². The second-order valence-electron chi connectivity index (χ2n) is 6.37. The molecule has 2 unspecified atom stereocenters. The fourth-order valence-corrected chi connectivity index (χ4v) is 2.96. The standard InChI is InChI=1S/C19H23NO/c1-19(2)13-14-21-18(16-11-7-4-8-12-16)17(20-19)15-9-5-3-6-10-15/h3-12,17-18,20H,13-14H2,1-2H3. The zero-order valence-corrected chi connectivity index (χ0v) is 12.8. The molecule has 0 saturated carbocycles. The first-order chi connectivity index (χ1) is 10.2. The maximum absolute atomic E-state index is 6.23. The van der Waals surface area contributed by atoms with Crippen LogP contribution < -0.4 is 5.32 Å². The topological polar surface area (TPSA) is 21.3 Å². The third-order valence-corrected chi connectivity index (χ3v) is 4.16. The fourth-order valence-electron chi connectivity index (χ4n) is 2.96. The summed E-state index contributed by atoms with van der Waals surface area (Å²) in [5.74, 6) is 0. The van der Waals surface area contributed by atoms with Crippen molar-refractivity contribution in [3.63, 3.8) is 0 Å². The molecule has 2 aromatic carbocycles. The Labute approximate surface area is 127 Å². The lowest BCUT2D eigenvalue weighted by Crippen LogP contribution is -2.42. The Morgan fingerprint density at radius 2 is 1.48 bits per heavy atom. The Kier molecular flexibility index (Phi) is 4.09. The number of benzene rings is 2. The molecule has 1 heterocycles. The Bertz CT molecular complexity index is 565. The van der Waals surface area contributed by atoms with E-state index in [4.69, 9.17) is 4.74 Å². The van der Waals surface area contributed by atoms with Gasteiger partial charge in [-0.05, 0) is 31.4 Å². The van der Waals surface area contributed by atoms with Gasteiger partial charge >= 0.3 is 0 Å². The normalized spacial score (nSPS) is 25.2. The summed E-state index contributed by atoms with van der Waals surface area (Å²) in [5, 5.41) is 3.80. The molecule has 110 valence electrons. The number of hydrogen-bond acceptors (Lipinski definition) is 2. The number of ether oxygens (including phenoxy) is 1. The first kappa shape index (κ1) is 14.3. The number of hydrogen-bond donors (Lipinski definition) is 1. The van der Waals surface area contributed by atoms with Crippen molar-refractivity contribution in [2.24, 2.45) is 0 Å². The maximum atomic E-state index is 6.23. The van der Waals surface area contributed by atoms with Gasteiger partial charge in [0, 0.05) is 12.1 Å². The highest BCUT2D eigenvalue weighted by atomic mass is 16.5. The molecular weight excluding hydrogens is 258 g/mol. The third kappa shape index (κ3) is 3.34. The highest BCUT2D eigenvalue weighted by molar-refractivity contribution is 5.27. The maximum Gasteiger partial charge on any atom is 0.102 e. The SMILES string of the molecule is CC1(C)CCOC(c2ccccc2)C(c2ccccc2)N1. The molecule has 0 aromatic heterocycles. The molecule has 0 amide bonds. The first-order valence-corrected chi connectivity index (χ1v) is 7.65. The molecular formula is C19H23NO. The van der Waals surface area contributed by atoms with Gasteiger partial charge in [0.1, 0.15) is 6.10 Å². The Morgan fingerprint density at radius 3 is 2.10 bits per heavy atom. The van der Waals surface area contributed by atoms with Gasteiger partial charge in [-0.3, -0.25) is 0 Å². The van der Waals surface area contributed by atoms with Crippen LogP contribution in [0.15, 0.2) is 60.7 Å². The summed E-state index contributed by atoms with van der Waals surface area (Å²) in [6, 6.07) is 21.3. The molecule has 1 N–H and O–H groups in total. The van der Waals surface area contributed by atoms with Crippen LogP contribution in [0.4, 0.5) is 0 Å². The van der Waals surface area contributed by atoms with E-state index in [0.717, 1.165) is 13.0 Å². The monoisotopic (exact) mass is 281 g/mol. The van der Waals surface area contributed by atoms with Gasteiger partial charge in [0.2, 0.25) is 0 Å². The van der Waals surface area contributed by atoms with Crippen molar-refractivity contribution in [2.45, 2.75) is 38.0 Å². The molecule has 2 nitrogen and oxygen atoms in total. The van der Waals surface area contributed by atoms with Crippen molar-refractivity contribution >= 4 is 0 Å². The molecule has 0 aliphatic carbocycles. The van der Waals surface area contributed by atoms with Gasteiger partial charge in [-0.15, -0.1) is 0 Å². The van der Waals surface area contributed by atoms with Crippen LogP contribution in [0, 0.1) is 0 Å². The lowest BCUT2D eigenvalue weighted by atomic mass is 9.92. The Balaban J connectivity index is 1.99. The van der Waals surface area contributed by atoms with E-state index in [0.29, 0.717) is 0 Å². The van der Waals surface area contributed by atoms with Crippen molar-refractivity contribution in [1.82, 2.24) is 5.32 Å². The van der Waals surface area contributed by atoms with Crippen LogP contribution >= 0.6 is 0 Å². The van der Waals surface area contributed by atoms with Crippen molar-refractivity contribution in [3.8, 4) is 0 Å². The van der Waals surface area contributed by atoms with Crippen LogP contribution in [0.1, 0.15) is 43.5 Å². The van der Waals surface area contributed by atoms with E-state index in [9.17, 15) is 0 Å². The van der Waals surface area contributed by atoms with Crippen LogP contribution in [0.2, 0.25) is 0 Å². The van der Waals surface area contributed by atoms with E-state index < -0.39 is 0 Å². The zero-order valence-electron chi connectivity index (χ0n) is 12.8. The van der Waals surface area contributed by atoms with Gasteiger partial charge in [-0.1, -0.05) is 60.7 Å². The first-order valence-electron chi connectivity index (χ1n) is 7.65. The minimum Gasteiger partial charge on any atom is -0.371 e. The summed E-state index contributed by atoms with van der Waals surface area (Å²) >= 11 is 0. The summed E-state index contributed by atoms with van der Waals surface area (Å²) in [4.78, 5) is 0. The van der Waals surface area contributed by atoms with E-state index in [1.54, 1.807) is 0 Å². The van der Waals surface area contributed by atoms with Gasteiger partial charge in [0.05, 0.1) is 6.04 Å². The predicted molar refractivity (Wildman–Crippen MR) is 86.1 cm³/mol. The molecule has 2 heteroatoms. The van der Waals surface area contributed by atoms with E-state index in [2.05, 4.69) is 79.8 Å². The summed E-state index contributed by atoms with van der Waals surface area (Å²) < 4.78 is 6.23. The van der Waals surface area contributed by atoms with Gasteiger partial charge in [0.25, 0.3) is 0 Å². The highest BCUT2D eigenvalue weighted by Crippen LogP contribution is 2.36. The summed E-state index contributed by atoms with van der Waals surface area (Å²) in [6.07, 6.45) is 1.06. The van der Waals surface area contributed by atoms with Crippen molar-refractivity contribution in [2.75, 3.05) is 6.61 Å². The number of nitrogens with one attached hydrogen (secondary N) is 1. The van der Waals surface area contributed by atoms with Crippen LogP contribution in [0.3, 0.4) is 0 Å². The largest absolute Gasteiger partial charge is 0.371 e. The average Bonchev–Trinajstić information content (AvgIpc) is 2.67. The summed E-state index contributed by atoms with van der Waals surface area (Å²) in [6.45, 7) is 5.28. The predicted octanol–water partition coefficient (Wildman–Crippen LogP) is 4.26. The molecule has 0 bridgehead atoms. The van der Waals surface area contributed by atoms with Gasteiger partial charge in [0.15, 0.2) is 0 Å². The van der Waals surface area contributed by atoms with Crippen molar-refractivity contribution in [3.05, 3.63) is 71.8 Å². The molecule has 1 saturated heterocycles. The summed E-state index contributed by atoms with van der Waals surface area (Å²) in [5.41, 5.74) is 2.59. The smallest absolute Gasteiger partial charge is 0.102 e. The third-order valence-electron chi connectivity index (χ3n) is 4.16. The Morgan fingerprint density at radius 1 is 0.905 bits per heavy atom. The Hall–Kier alpha value is -1.64. The van der Waals surface area contributed by atoms with Crippen molar-refractivity contribution in [1.29, 1.82) is 0 Å². The van der Waals surface area contributed by atoms with Crippen LogP contribution in [0.25, 0.3) is 0 Å². The molecule has 2 atom stereocenters. The van der Waals surface area contributed by atoms with E-state index in [1.807, 2.05) is 0 Å². The molecule has 3 rings (SSSR count). The zero-order chi connectivity index (χ0) is 14.7. The molecule has 2 aromatic rings. The fraction of sp³-hybridized carbons (Fsp3) is 0.368. The van der Waals surface area contributed by atoms with Crippen LogP contribution in [-0.2, 0) is 4.74 Å². The average molecular weight is 281 g/mol. The van der Waals surface area contributed by atoms with Crippen molar-refractivity contribution < 1.29 is 4.74 Å². The molecule has 1 aliphatic rings. The minimum absolute atomic E-state index is 0.0513. The summed E-state index contributed by atoms with van der Waals surface area (Å²) in [7, 11) is 0. The highest BCUT2D eigenvalue weighted by Gasteiger charge is 2.33. The molecule has 0 radical (unpaired) electrons. The minimum atomic E-state index is 0.0513. The lowest BCUT2D eigenvalue weighted by molar-refractivity contribution is 0.0416. The molecule has 1 aliphatic heterocycles. The van der Waals surface area contributed by atoms with Crippen LogP contribution in [0.5, 0.6) is 0 Å².